The summed E-state index contributed by atoms with van der Waals surface area (Å²) in [5.74, 6) is -1.01. The Hall–Kier alpha value is -2.20. The van der Waals surface area contributed by atoms with Crippen molar-refractivity contribution in [2.45, 2.75) is 57.7 Å². The fraction of sp³-hybridized carbons (Fsp3) is 0.778. The van der Waals surface area contributed by atoms with Crippen LogP contribution in [0.2, 0.25) is 0 Å². The molecule has 2 heterocycles. The maximum absolute atomic E-state index is 12.5. The molecule has 0 radical (unpaired) electrons. The molecular weight excluding hydrogens is 376 g/mol. The van der Waals surface area contributed by atoms with Gasteiger partial charge in [-0.2, -0.15) is 0 Å². The summed E-state index contributed by atoms with van der Waals surface area (Å²) < 4.78 is 0. The van der Waals surface area contributed by atoms with Crippen molar-refractivity contribution < 1.29 is 24.0 Å². The van der Waals surface area contributed by atoms with E-state index in [-0.39, 0.29) is 30.8 Å². The molecule has 2 fully saturated rings. The van der Waals surface area contributed by atoms with E-state index < -0.39 is 17.9 Å². The number of nitrogens with one attached hydrogen (secondary N) is 2. The van der Waals surface area contributed by atoms with Gasteiger partial charge in [-0.15, -0.1) is 5.06 Å². The van der Waals surface area contributed by atoms with Gasteiger partial charge in [0.2, 0.25) is 5.91 Å². The number of amides is 4. The molecule has 2 N–H and O–H groups in total. The van der Waals surface area contributed by atoms with Gasteiger partial charge in [-0.3, -0.25) is 24.2 Å². The SMILES string of the molecule is CC1C(C(=O)N[13CH2][13CH2][13CH2][13CH2]N[13C](=O)ON2C(=O)CCC2=O)N([13CH3])[13CH2][13CH]([13CH3])N1[13CH3]. The van der Waals surface area contributed by atoms with E-state index in [1.807, 2.05) is 14.1 Å². The lowest BCUT2D eigenvalue weighted by molar-refractivity contribution is -0.171. The van der Waals surface area contributed by atoms with Crippen molar-refractivity contribution in [1.29, 1.82) is 0 Å². The summed E-state index contributed by atoms with van der Waals surface area (Å²) in [6.45, 7) is 5.88. The van der Waals surface area contributed by atoms with E-state index in [0.29, 0.717) is 37.0 Å². The number of carbonyl (C=O) groups excluding carboxylic acids is 4. The highest BCUT2D eigenvalue weighted by Gasteiger charge is 2.38. The number of rotatable bonds is 7. The highest BCUT2D eigenvalue weighted by atomic mass is 16.8. The smallest absolute Gasteiger partial charge is 0.355 e. The van der Waals surface area contributed by atoms with E-state index in [9.17, 15) is 19.2 Å². The number of imide groups is 1. The van der Waals surface area contributed by atoms with Crippen LogP contribution in [-0.4, -0.2) is 90.5 Å². The molecule has 10 heteroatoms. The van der Waals surface area contributed by atoms with Crippen LogP contribution in [0.1, 0.15) is 39.5 Å². The summed E-state index contributed by atoms with van der Waals surface area (Å²) >= 11 is 0. The number of piperazine rings is 1. The second kappa shape index (κ2) is 9.83. The second-order valence-electron chi connectivity index (χ2n) is 7.53. The first-order chi connectivity index (χ1) is 13.2. The first kappa shape index (κ1) is 22.1. The normalized spacial score (nSPS) is 26.4. The van der Waals surface area contributed by atoms with Crippen molar-refractivity contribution in [3.8, 4) is 0 Å². The molecule has 3 unspecified atom stereocenters. The van der Waals surface area contributed by atoms with Crippen LogP contribution < -0.4 is 10.6 Å². The minimum absolute atomic E-state index is 0.00665. The predicted molar refractivity (Wildman–Crippen MR) is 101 cm³/mol. The van der Waals surface area contributed by atoms with Gasteiger partial charge in [0, 0.05) is 44.6 Å². The van der Waals surface area contributed by atoms with Gasteiger partial charge >= 0.3 is 6.09 Å². The minimum Gasteiger partial charge on any atom is -0.355 e. The number of hydroxylamine groups is 2. The summed E-state index contributed by atoms with van der Waals surface area (Å²) in [6.07, 6.45) is 0.613. The van der Waals surface area contributed by atoms with E-state index in [1.165, 1.54) is 0 Å². The van der Waals surface area contributed by atoms with Crippen molar-refractivity contribution in [2.75, 3.05) is 33.7 Å². The van der Waals surface area contributed by atoms with Crippen LogP contribution >= 0.6 is 0 Å². The molecule has 10 nitrogen and oxygen atoms in total. The van der Waals surface area contributed by atoms with E-state index in [0.717, 1.165) is 6.54 Å². The van der Waals surface area contributed by atoms with Crippen LogP contribution in [-0.2, 0) is 19.2 Å². The van der Waals surface area contributed by atoms with Crippen molar-refractivity contribution in [3.05, 3.63) is 0 Å². The molecule has 4 amide bonds. The fourth-order valence-corrected chi connectivity index (χ4v) is 3.60. The largest absolute Gasteiger partial charge is 0.432 e. The Morgan fingerprint density at radius 2 is 1.61 bits per heavy atom. The number of unbranched alkanes of at least 4 members (excludes halogenated alkanes) is 1. The van der Waals surface area contributed by atoms with Crippen molar-refractivity contribution in [2.24, 2.45) is 0 Å². The summed E-state index contributed by atoms with van der Waals surface area (Å²) in [5.41, 5.74) is 0. The number of nitrogens with zero attached hydrogens (tertiary/aromatic N) is 3. The molecule has 0 aromatic heterocycles. The highest BCUT2D eigenvalue weighted by molar-refractivity contribution is 6.01. The maximum atomic E-state index is 12.5. The average Bonchev–Trinajstić information content (AvgIpc) is 2.94. The Bertz CT molecular complexity index is 597. The molecule has 2 rings (SSSR count). The lowest BCUT2D eigenvalue weighted by Gasteiger charge is -2.46. The van der Waals surface area contributed by atoms with Crippen LogP contribution in [0, 0.1) is 0 Å². The Balaban J connectivity index is 1.61. The van der Waals surface area contributed by atoms with Crippen molar-refractivity contribution >= 4 is 23.8 Å². The molecule has 0 aromatic rings. The van der Waals surface area contributed by atoms with Crippen LogP contribution in [0.15, 0.2) is 0 Å². The summed E-state index contributed by atoms with van der Waals surface area (Å²) in [4.78, 5) is 55.9. The third kappa shape index (κ3) is 5.41. The summed E-state index contributed by atoms with van der Waals surface area (Å²) in [5, 5.41) is 5.96. The quantitative estimate of drug-likeness (QED) is 0.338. The topological polar surface area (TPSA) is 111 Å². The van der Waals surface area contributed by atoms with Crippen molar-refractivity contribution in [1.82, 2.24) is 25.5 Å². The molecule has 0 saturated carbocycles. The van der Waals surface area contributed by atoms with Gasteiger partial charge in [0.05, 0.1) is 0 Å². The first-order valence-corrected chi connectivity index (χ1v) is 9.73. The fourth-order valence-electron chi connectivity index (χ4n) is 3.60. The van der Waals surface area contributed by atoms with E-state index in [4.69, 9.17) is 4.84 Å². The first-order valence-electron chi connectivity index (χ1n) is 9.73. The summed E-state index contributed by atoms with van der Waals surface area (Å²) in [7, 11) is 4.01. The molecule has 2 aliphatic heterocycles. The van der Waals surface area contributed by atoms with Crippen LogP contribution in [0.3, 0.4) is 0 Å². The van der Waals surface area contributed by atoms with Crippen molar-refractivity contribution in [3.63, 3.8) is 0 Å². The second-order valence-corrected chi connectivity index (χ2v) is 7.53. The van der Waals surface area contributed by atoms with Gasteiger partial charge < -0.3 is 15.5 Å². The Kier molecular flexibility index (Phi) is 7.76. The van der Waals surface area contributed by atoms with Gasteiger partial charge in [0.25, 0.3) is 11.8 Å². The van der Waals surface area contributed by atoms with Gasteiger partial charge in [-0.1, -0.05) is 0 Å². The van der Waals surface area contributed by atoms with Crippen LogP contribution in [0.4, 0.5) is 4.79 Å². The third-order valence-corrected chi connectivity index (χ3v) is 5.44. The molecule has 2 saturated heterocycles. The Morgan fingerprint density at radius 3 is 2.21 bits per heavy atom. The zero-order chi connectivity index (χ0) is 20.8. The van der Waals surface area contributed by atoms with Gasteiger partial charge in [0.1, 0.15) is 6.04 Å². The zero-order valence-corrected chi connectivity index (χ0v) is 17.1. The molecular formula is C18H31N5O5. The summed E-state index contributed by atoms with van der Waals surface area (Å²) in [6, 6.07) is 0.340. The lowest BCUT2D eigenvalue weighted by Crippen LogP contribution is -2.64. The highest BCUT2D eigenvalue weighted by Crippen LogP contribution is 2.18. The number of hydrogen-bond donors (Lipinski definition) is 2. The van der Waals surface area contributed by atoms with Crippen LogP contribution in [0.25, 0.3) is 0 Å². The Morgan fingerprint density at radius 1 is 1.04 bits per heavy atom. The number of carbonyl (C=O) groups is 4. The minimum atomic E-state index is -0.831. The molecule has 2 aliphatic rings. The number of likely N-dealkylation sites (N-methyl/N-ethyl adjacent to an activating group) is 2. The number of hydrogen-bond acceptors (Lipinski definition) is 7. The maximum Gasteiger partial charge on any atom is 0.432 e. The van der Waals surface area contributed by atoms with Crippen LogP contribution in [0.5, 0.6) is 0 Å². The molecule has 158 valence electrons. The molecule has 0 aliphatic carbocycles. The Labute approximate surface area is 165 Å². The van der Waals surface area contributed by atoms with Gasteiger partial charge in [-0.05, 0) is 40.8 Å². The van der Waals surface area contributed by atoms with E-state index in [2.05, 4.69) is 34.3 Å². The van der Waals surface area contributed by atoms with E-state index >= 15 is 0 Å². The molecule has 28 heavy (non-hydrogen) atoms. The monoisotopic (exact) mass is 407 g/mol. The molecule has 3 atom stereocenters. The predicted octanol–water partition coefficient (Wildman–Crippen LogP) is -0.304. The van der Waals surface area contributed by atoms with Gasteiger partial charge in [-0.25, -0.2) is 4.79 Å². The molecule has 0 aromatic carbocycles. The average molecular weight is 407 g/mol. The lowest BCUT2D eigenvalue weighted by atomic mass is 10.1. The zero-order valence-electron chi connectivity index (χ0n) is 17.1. The van der Waals surface area contributed by atoms with E-state index in [1.54, 1.807) is 0 Å². The standard InChI is InChI=1S/C18H31N5O5/c1-12-11-21(3)16(13(2)22(12)4)17(26)19-9-5-6-10-20-18(27)28-23-14(24)7-8-15(23)25/h12-13,16H,5-11H2,1-4H3,(H,19,26)(H,20,27)/i1+1,3+1,4+1,5+1,6+1,9+1,10+1,11+1,12+1,18+1. The molecule has 0 spiro atoms. The third-order valence-electron chi connectivity index (χ3n) is 5.44. The molecule has 0 bridgehead atoms. The van der Waals surface area contributed by atoms with Gasteiger partial charge in [0.15, 0.2) is 0 Å².